The maximum atomic E-state index is 10.4. The van der Waals surface area contributed by atoms with E-state index in [9.17, 15) is 14.7 Å². The molecule has 9 N–H and O–H groups in total. The number of aldehydes is 1. The zero-order chi connectivity index (χ0) is 44.2. The zero-order valence-corrected chi connectivity index (χ0v) is 40.0. The number of carbonyl (C=O) groups is 2. The van der Waals surface area contributed by atoms with Gasteiger partial charge in [-0.05, 0) is 116 Å². The molecule has 13 atom stereocenters. The Kier molecular flexibility index (Phi) is 22.0. The third-order valence-electron chi connectivity index (χ3n) is 14.8. The van der Waals surface area contributed by atoms with Gasteiger partial charge in [-0.1, -0.05) is 83.7 Å². The number of aliphatic hydroxyl groups excluding tert-OH is 6. The van der Waals surface area contributed by atoms with Gasteiger partial charge in [0.15, 0.2) is 12.2 Å². The van der Waals surface area contributed by atoms with E-state index in [2.05, 4.69) is 74.5 Å². The zero-order valence-electron chi connectivity index (χ0n) is 39.8. The third-order valence-corrected chi connectivity index (χ3v) is 14.8. The van der Waals surface area contributed by atoms with Crippen LogP contribution < -0.4 is 10.6 Å². The van der Waals surface area contributed by atoms with Crippen LogP contribution in [0.2, 0.25) is 0 Å². The largest absolute Gasteiger partial charge is 2.00 e. The van der Waals surface area contributed by atoms with Crippen molar-refractivity contribution in [2.24, 2.45) is 46.3 Å². The molecular formula is C47H79CaN5O8. The number of hydrogen-bond donors (Lipinski definition) is 9. The summed E-state index contributed by atoms with van der Waals surface area (Å²) < 4.78 is 0. The van der Waals surface area contributed by atoms with Gasteiger partial charge in [-0.15, -0.1) is 0 Å². The number of carbonyl (C=O) groups excluding carboxylic acids is 2. The molecule has 1 amide bonds. The fraction of sp³-hybridized carbons (Fsp3) is 0.745. The number of amides is 1. The summed E-state index contributed by atoms with van der Waals surface area (Å²) in [6, 6.07) is 4.56. The first kappa shape index (κ1) is 53.6. The molecule has 0 aromatic carbocycles. The minimum absolute atomic E-state index is 0. The van der Waals surface area contributed by atoms with Crippen LogP contribution in [0.4, 0.5) is 0 Å². The van der Waals surface area contributed by atoms with Crippen molar-refractivity contribution >= 4 is 55.9 Å². The molecule has 342 valence electrons. The Labute approximate surface area is 397 Å². The second kappa shape index (κ2) is 25.1. The van der Waals surface area contributed by atoms with Gasteiger partial charge in [0, 0.05) is 32.0 Å². The Balaban J connectivity index is 0.000000473. The van der Waals surface area contributed by atoms with Crippen LogP contribution in [0.25, 0.3) is 0 Å². The fourth-order valence-corrected chi connectivity index (χ4v) is 11.3. The molecule has 1 saturated heterocycles. The molecule has 1 aromatic heterocycles. The molecule has 7 rings (SSSR count). The molecule has 3 heterocycles. The number of aromatic nitrogens is 1. The van der Waals surface area contributed by atoms with Crippen molar-refractivity contribution in [3.8, 4) is 0 Å². The summed E-state index contributed by atoms with van der Waals surface area (Å²) in [6.07, 6.45) is 19.5. The van der Waals surface area contributed by atoms with Crippen molar-refractivity contribution in [3.63, 3.8) is 0 Å². The summed E-state index contributed by atoms with van der Waals surface area (Å²) in [7, 11) is 1.69. The van der Waals surface area contributed by atoms with Crippen LogP contribution in [0.15, 0.2) is 48.3 Å². The first-order chi connectivity index (χ1) is 28.5. The van der Waals surface area contributed by atoms with Crippen molar-refractivity contribution in [3.05, 3.63) is 53.9 Å². The molecule has 1 aromatic rings. The summed E-state index contributed by atoms with van der Waals surface area (Å²) in [6.45, 7) is 13.1. The Morgan fingerprint density at radius 2 is 1.75 bits per heavy atom. The normalized spacial score (nSPS) is 32.5. The maximum absolute atomic E-state index is 10.4. The average molecular weight is 882 g/mol. The fourth-order valence-electron chi connectivity index (χ4n) is 11.3. The molecule has 0 spiro atoms. The van der Waals surface area contributed by atoms with Crippen LogP contribution >= 0.6 is 0 Å². The van der Waals surface area contributed by atoms with Gasteiger partial charge in [0.1, 0.15) is 24.4 Å². The topological polar surface area (TPSA) is 220 Å². The first-order valence-corrected chi connectivity index (χ1v) is 22.5. The van der Waals surface area contributed by atoms with Gasteiger partial charge < -0.3 is 48.5 Å². The molecule has 14 heteroatoms. The predicted molar refractivity (Wildman–Crippen MR) is 241 cm³/mol. The number of aliphatic hydroxyl groups is 6. The summed E-state index contributed by atoms with van der Waals surface area (Å²) in [4.78, 5) is 25.9. The molecule has 13 nitrogen and oxygen atoms in total. The van der Waals surface area contributed by atoms with Crippen molar-refractivity contribution in [2.75, 3.05) is 26.7 Å². The van der Waals surface area contributed by atoms with E-state index in [1.165, 1.54) is 63.4 Å². The SMILES string of the molecule is C1=CC[C@@H](c2cccnc2)NC1.CC(C)CCC[C@@H](C)[C@H]1CC[C@H]2[C@@H]3CC=C4C[C@@H](O)CC[C@]4(C)[C@H]3CC[C@]12C.CN1CC(=O)NC1=N.O=C[C@H](O)[C@@H](O)[C@H](O)[C@H](O)CO.[Ca+2].[H-].[H-]. The standard InChI is InChI=1S/C27H46O.C10H12N2.C6H12O6.C4H7N3O.Ca.2H/c1-18(2)7-6-8-19(3)23-11-12-24-22-10-9-20-17-21(28)13-15-26(20,4)25(22)14-16-27(23,24)5;1-2-7-12-10(5-1)9-4-3-6-11-8-9;7-1-3(9)5(11)6(12)4(10)2-8;1-7-2-3(8)6-4(7)5;;;/h9,18-19,21-25,28H,6-8,10-17H2,1-5H3;1-4,6,8,10,12H,5,7H2;1,3-6,8-12H,2H2;2H2,1H3,(H2,5,6,8);;;/q;;;;+2;2*-1/t19-,21+,22+,23-,24+,25+,26+,27-;10-;3-,4+,5+,6+;;;;/m100..../s1. The van der Waals surface area contributed by atoms with Gasteiger partial charge >= 0.3 is 37.7 Å². The Bertz CT molecular complexity index is 1600. The molecule has 2 aliphatic heterocycles. The molecule has 0 unspecified atom stereocenters. The Hall–Kier alpha value is -1.78. The van der Waals surface area contributed by atoms with E-state index in [0.717, 1.165) is 61.3 Å². The third kappa shape index (κ3) is 14.1. The quantitative estimate of drug-likeness (QED) is 0.0856. The summed E-state index contributed by atoms with van der Waals surface area (Å²) >= 11 is 0. The summed E-state index contributed by atoms with van der Waals surface area (Å²) in [5.74, 6) is 5.55. The monoisotopic (exact) mass is 882 g/mol. The minimum atomic E-state index is -1.79. The number of fused-ring (bicyclic) bond motifs is 5. The van der Waals surface area contributed by atoms with E-state index in [4.69, 9.17) is 30.9 Å². The van der Waals surface area contributed by atoms with Crippen LogP contribution in [-0.2, 0) is 9.59 Å². The molecule has 6 aliphatic rings. The maximum Gasteiger partial charge on any atom is 2.00 e. The van der Waals surface area contributed by atoms with Crippen molar-refractivity contribution < 1.29 is 43.1 Å². The van der Waals surface area contributed by atoms with Gasteiger partial charge in [-0.2, -0.15) is 0 Å². The number of pyridine rings is 1. The van der Waals surface area contributed by atoms with Gasteiger partial charge in [-0.3, -0.25) is 20.5 Å². The van der Waals surface area contributed by atoms with Crippen LogP contribution in [0.5, 0.6) is 0 Å². The molecule has 4 aliphatic carbocycles. The van der Waals surface area contributed by atoms with Crippen LogP contribution in [0.1, 0.15) is 126 Å². The first-order valence-electron chi connectivity index (χ1n) is 22.5. The van der Waals surface area contributed by atoms with Gasteiger partial charge in [0.05, 0.1) is 19.3 Å². The number of nitrogens with zero attached hydrogens (tertiary/aromatic N) is 2. The Morgan fingerprint density at radius 1 is 1.02 bits per heavy atom. The summed E-state index contributed by atoms with van der Waals surface area (Å²) in [5.41, 5.74) is 3.88. The average Bonchev–Trinajstić information content (AvgIpc) is 3.76. The van der Waals surface area contributed by atoms with Crippen molar-refractivity contribution in [1.82, 2.24) is 20.5 Å². The van der Waals surface area contributed by atoms with E-state index in [1.807, 2.05) is 18.5 Å². The van der Waals surface area contributed by atoms with Crippen LogP contribution in [-0.4, -0.2) is 154 Å². The molecule has 3 saturated carbocycles. The molecule has 4 fully saturated rings. The van der Waals surface area contributed by atoms with Crippen molar-refractivity contribution in [2.45, 2.75) is 148 Å². The number of likely N-dealkylation sites (N-methyl/N-ethyl adjacent to an activating group) is 1. The number of rotatable bonds is 11. The molecule has 0 bridgehead atoms. The second-order valence-electron chi connectivity index (χ2n) is 19.3. The van der Waals surface area contributed by atoms with E-state index >= 15 is 0 Å². The second-order valence-corrected chi connectivity index (χ2v) is 19.3. The molecule has 61 heavy (non-hydrogen) atoms. The molecular weight excluding hydrogens is 803 g/mol. The number of nitrogens with one attached hydrogen (secondary N) is 3. The number of allylic oxidation sites excluding steroid dienone is 1. The van der Waals surface area contributed by atoms with E-state index in [-0.39, 0.29) is 64.8 Å². The van der Waals surface area contributed by atoms with Gasteiger partial charge in [0.2, 0.25) is 5.91 Å². The summed E-state index contributed by atoms with van der Waals surface area (Å²) in [5, 5.41) is 66.5. The number of hydrogen-bond acceptors (Lipinski definition) is 11. The van der Waals surface area contributed by atoms with Crippen LogP contribution in [0.3, 0.4) is 0 Å². The Morgan fingerprint density at radius 3 is 2.31 bits per heavy atom. The molecule has 0 radical (unpaired) electrons. The van der Waals surface area contributed by atoms with E-state index < -0.39 is 31.0 Å². The predicted octanol–water partition coefficient (Wildman–Crippen LogP) is 4.51. The minimum Gasteiger partial charge on any atom is -1.00 e. The van der Waals surface area contributed by atoms with Gasteiger partial charge in [0.25, 0.3) is 0 Å². The van der Waals surface area contributed by atoms with E-state index in [0.29, 0.717) is 23.4 Å². The number of guanidine groups is 1. The smallest absolute Gasteiger partial charge is 1.00 e. The van der Waals surface area contributed by atoms with Crippen LogP contribution in [0, 0.1) is 51.7 Å². The van der Waals surface area contributed by atoms with Crippen molar-refractivity contribution in [1.29, 1.82) is 5.41 Å². The van der Waals surface area contributed by atoms with Gasteiger partial charge in [-0.25, -0.2) is 0 Å². The van der Waals surface area contributed by atoms with E-state index in [1.54, 1.807) is 17.5 Å².